The second-order valence-electron chi connectivity index (χ2n) is 6.68. The Labute approximate surface area is 194 Å². The van der Waals surface area contributed by atoms with E-state index in [1.165, 1.54) is 22.7 Å². The number of aryl methyl sites for hydroxylation is 1. The van der Waals surface area contributed by atoms with Crippen LogP contribution in [0.3, 0.4) is 0 Å². The van der Waals surface area contributed by atoms with E-state index in [4.69, 9.17) is 10.00 Å². The summed E-state index contributed by atoms with van der Waals surface area (Å²) in [5.41, 5.74) is 2.78. The van der Waals surface area contributed by atoms with Gasteiger partial charge in [-0.3, -0.25) is 4.79 Å². The minimum atomic E-state index is -0.424. The van der Waals surface area contributed by atoms with Crippen LogP contribution in [0.1, 0.15) is 50.6 Å². The number of nitrogens with zero attached hydrogens (tertiary/aromatic N) is 3. The fourth-order valence-corrected chi connectivity index (χ4v) is 5.33. The summed E-state index contributed by atoms with van der Waals surface area (Å²) in [6.07, 6.45) is 2.55. The van der Waals surface area contributed by atoms with Crippen LogP contribution < -0.4 is 0 Å². The van der Waals surface area contributed by atoms with Gasteiger partial charge in [0, 0.05) is 21.9 Å². The molecule has 0 fully saturated rings. The second kappa shape index (κ2) is 10.2. The normalized spacial score (nSPS) is 10.3. The van der Waals surface area contributed by atoms with E-state index in [1.807, 2.05) is 43.4 Å². The van der Waals surface area contributed by atoms with E-state index < -0.39 is 5.97 Å². The number of ether oxygens (including phenoxy) is 1. The molecule has 0 spiro atoms. The van der Waals surface area contributed by atoms with Crippen LogP contribution in [0.5, 0.6) is 0 Å². The number of thiophene rings is 2. The van der Waals surface area contributed by atoms with Crippen molar-refractivity contribution in [1.82, 2.24) is 4.90 Å². The van der Waals surface area contributed by atoms with Gasteiger partial charge in [-0.2, -0.15) is 10.5 Å². The predicted molar refractivity (Wildman–Crippen MR) is 125 cm³/mol. The maximum Gasteiger partial charge on any atom is 0.348 e. The summed E-state index contributed by atoms with van der Waals surface area (Å²) in [6.45, 7) is 6.04. The van der Waals surface area contributed by atoms with Crippen LogP contribution in [0, 0.1) is 22.8 Å². The van der Waals surface area contributed by atoms with Crippen LogP contribution in [-0.4, -0.2) is 29.9 Å². The van der Waals surface area contributed by atoms with Crippen molar-refractivity contribution in [2.75, 3.05) is 13.2 Å². The number of amides is 1. The van der Waals surface area contributed by atoms with Crippen molar-refractivity contribution in [1.29, 1.82) is 10.5 Å². The van der Waals surface area contributed by atoms with Crippen LogP contribution in [0.2, 0.25) is 0 Å². The lowest BCUT2D eigenvalue weighted by Gasteiger charge is -2.08. The van der Waals surface area contributed by atoms with Crippen molar-refractivity contribution in [3.8, 4) is 33.8 Å². The lowest BCUT2D eigenvalue weighted by atomic mass is 9.98. The van der Waals surface area contributed by atoms with Gasteiger partial charge in [0.25, 0.3) is 5.91 Å². The summed E-state index contributed by atoms with van der Waals surface area (Å²) in [7, 11) is 0. The highest BCUT2D eigenvalue weighted by molar-refractivity contribution is 7.17. The Balaban J connectivity index is 1.98. The first-order valence-corrected chi connectivity index (χ1v) is 11.8. The fourth-order valence-electron chi connectivity index (χ4n) is 3.26. The number of hydrogen-bond acceptors (Lipinski definition) is 7. The molecule has 0 atom stereocenters. The summed E-state index contributed by atoms with van der Waals surface area (Å²) in [5.74, 6) is -0.738. The Bertz CT molecular complexity index is 1230. The lowest BCUT2D eigenvalue weighted by Crippen LogP contribution is -2.24. The van der Waals surface area contributed by atoms with E-state index in [-0.39, 0.29) is 12.5 Å². The maximum absolute atomic E-state index is 12.5. The number of nitriles is 2. The molecule has 1 amide bonds. The van der Waals surface area contributed by atoms with E-state index in [0.717, 1.165) is 25.8 Å². The molecular weight excluding hydrogens is 442 g/mol. The first-order chi connectivity index (χ1) is 15.5. The zero-order chi connectivity index (χ0) is 23.3. The average Bonchev–Trinajstić information content (AvgIpc) is 3.45. The number of benzene rings is 1. The molecule has 0 bridgehead atoms. The second-order valence-corrected chi connectivity index (χ2v) is 8.87. The molecule has 0 saturated carbocycles. The lowest BCUT2D eigenvalue weighted by molar-refractivity contribution is 0.0532. The van der Waals surface area contributed by atoms with Crippen molar-refractivity contribution in [2.45, 2.75) is 27.2 Å². The van der Waals surface area contributed by atoms with Gasteiger partial charge < -0.3 is 4.74 Å². The Morgan fingerprint density at radius 3 is 2.25 bits per heavy atom. The van der Waals surface area contributed by atoms with Crippen LogP contribution in [0.4, 0.5) is 0 Å². The molecule has 2 aromatic heterocycles. The van der Waals surface area contributed by atoms with E-state index in [1.54, 1.807) is 19.9 Å². The van der Waals surface area contributed by atoms with Crippen LogP contribution in [-0.2, 0) is 11.2 Å². The topological polar surface area (TPSA) is 94.2 Å². The van der Waals surface area contributed by atoms with Crippen LogP contribution in [0.25, 0.3) is 21.6 Å². The van der Waals surface area contributed by atoms with Crippen molar-refractivity contribution in [2.24, 2.45) is 0 Å². The highest BCUT2D eigenvalue weighted by atomic mass is 32.1. The van der Waals surface area contributed by atoms with Gasteiger partial charge in [0.15, 0.2) is 6.19 Å². The summed E-state index contributed by atoms with van der Waals surface area (Å²) in [6, 6.07) is 13.4. The van der Waals surface area contributed by atoms with E-state index in [9.17, 15) is 14.9 Å². The molecule has 0 aliphatic heterocycles. The molecule has 0 aliphatic carbocycles. The monoisotopic (exact) mass is 463 g/mol. The first-order valence-electron chi connectivity index (χ1n) is 10.1. The zero-order valence-electron chi connectivity index (χ0n) is 18.0. The third kappa shape index (κ3) is 4.43. The molecule has 6 nitrogen and oxygen atoms in total. The molecular formula is C24H21N3O3S2. The predicted octanol–water partition coefficient (Wildman–Crippen LogP) is 5.70. The maximum atomic E-state index is 12.5. The molecule has 2 heterocycles. The highest BCUT2D eigenvalue weighted by Crippen LogP contribution is 2.38. The summed E-state index contributed by atoms with van der Waals surface area (Å²) >= 11 is 2.62. The third-order valence-electron chi connectivity index (χ3n) is 4.83. The summed E-state index contributed by atoms with van der Waals surface area (Å²) in [5, 5.41) is 18.8. The molecule has 1 aromatic carbocycles. The van der Waals surface area contributed by atoms with Crippen molar-refractivity contribution < 1.29 is 14.3 Å². The average molecular weight is 464 g/mol. The molecule has 3 aromatic rings. The number of hydrogen-bond donors (Lipinski definition) is 0. The van der Waals surface area contributed by atoms with E-state index >= 15 is 0 Å². The van der Waals surface area contributed by atoms with Crippen molar-refractivity contribution >= 4 is 34.6 Å². The van der Waals surface area contributed by atoms with E-state index in [2.05, 4.69) is 6.07 Å². The molecule has 0 saturated heterocycles. The first kappa shape index (κ1) is 23.2. The van der Waals surface area contributed by atoms with Gasteiger partial charge in [0.2, 0.25) is 0 Å². The molecule has 0 unspecified atom stereocenters. The highest BCUT2D eigenvalue weighted by Gasteiger charge is 2.24. The largest absolute Gasteiger partial charge is 0.462 e. The number of carbonyl (C=O) groups excluding carboxylic acids is 2. The number of rotatable bonds is 7. The van der Waals surface area contributed by atoms with Gasteiger partial charge in [-0.25, -0.2) is 9.69 Å². The Morgan fingerprint density at radius 1 is 1.00 bits per heavy atom. The Morgan fingerprint density at radius 2 is 1.69 bits per heavy atom. The zero-order valence-corrected chi connectivity index (χ0v) is 19.6. The standard InChI is InChI=1S/C24H21N3O3S2/c1-4-18-17(13-25)21(22(32-18)24(29)30-6-3)16-9-7-15(8-10-16)19-11-12-20(31-19)23(28)27(5-2)14-26/h7-12H,4-6H2,1-3H3. The summed E-state index contributed by atoms with van der Waals surface area (Å²) < 4.78 is 5.21. The molecule has 32 heavy (non-hydrogen) atoms. The van der Waals surface area contributed by atoms with Crippen LogP contribution in [0.15, 0.2) is 36.4 Å². The van der Waals surface area contributed by atoms with Gasteiger partial charge in [0.05, 0.1) is 17.0 Å². The number of esters is 1. The van der Waals surface area contributed by atoms with Crippen molar-refractivity contribution in [3.05, 3.63) is 56.6 Å². The smallest absolute Gasteiger partial charge is 0.348 e. The van der Waals surface area contributed by atoms with E-state index in [0.29, 0.717) is 33.8 Å². The van der Waals surface area contributed by atoms with Gasteiger partial charge in [0.1, 0.15) is 10.9 Å². The molecule has 162 valence electrons. The van der Waals surface area contributed by atoms with Gasteiger partial charge in [-0.05, 0) is 43.5 Å². The minimum absolute atomic E-state index is 0.263. The molecule has 3 rings (SSSR count). The van der Waals surface area contributed by atoms with Crippen molar-refractivity contribution in [3.63, 3.8) is 0 Å². The molecule has 0 aliphatic rings. The van der Waals surface area contributed by atoms with Gasteiger partial charge in [-0.1, -0.05) is 31.2 Å². The van der Waals surface area contributed by atoms with Gasteiger partial charge in [-0.15, -0.1) is 22.7 Å². The minimum Gasteiger partial charge on any atom is -0.462 e. The third-order valence-corrected chi connectivity index (χ3v) is 7.27. The molecule has 8 heteroatoms. The van der Waals surface area contributed by atoms with Crippen LogP contribution >= 0.6 is 22.7 Å². The molecule has 0 N–H and O–H groups in total. The summed E-state index contributed by atoms with van der Waals surface area (Å²) in [4.78, 5) is 28.7. The Kier molecular flexibility index (Phi) is 7.42. The SMILES string of the molecule is CCOC(=O)c1sc(CC)c(C#N)c1-c1ccc(-c2ccc(C(=O)N(C#N)CC)s2)cc1. The fraction of sp³-hybridized carbons (Fsp3) is 0.250. The number of carbonyl (C=O) groups is 2. The quantitative estimate of drug-likeness (QED) is 0.255. The van der Waals surface area contributed by atoms with Gasteiger partial charge >= 0.3 is 5.97 Å². The Hall–Kier alpha value is -3.46. The molecule has 0 radical (unpaired) electrons.